The largest absolute Gasteiger partial charge is 0.481 e. The number of nitrogens with zero attached hydrogens (tertiary/aromatic N) is 4. The Bertz CT molecular complexity index is 616. The first-order valence-corrected chi connectivity index (χ1v) is 8.25. The number of amides is 1. The Kier molecular flexibility index (Phi) is 4.82. The van der Waals surface area contributed by atoms with Crippen LogP contribution in [0.25, 0.3) is 0 Å². The molecule has 2 fully saturated rings. The number of aromatic nitrogens is 2. The van der Waals surface area contributed by atoms with Crippen LogP contribution in [0.3, 0.4) is 0 Å². The molecule has 0 saturated carbocycles. The number of carboxylic acid groups (broad SMARTS) is 1. The van der Waals surface area contributed by atoms with Gasteiger partial charge in [0.05, 0.1) is 7.11 Å². The van der Waals surface area contributed by atoms with E-state index in [0.717, 1.165) is 6.42 Å². The minimum absolute atomic E-state index is 0.0221. The van der Waals surface area contributed by atoms with Gasteiger partial charge in [0, 0.05) is 37.8 Å². The van der Waals surface area contributed by atoms with Gasteiger partial charge in [-0.25, -0.2) is 9.78 Å². The van der Waals surface area contributed by atoms with E-state index in [1.165, 1.54) is 0 Å². The maximum Gasteiger partial charge on any atom is 0.326 e. The van der Waals surface area contributed by atoms with Gasteiger partial charge in [0.25, 0.3) is 0 Å². The number of anilines is 1. The molecule has 0 spiro atoms. The van der Waals surface area contributed by atoms with Gasteiger partial charge in [-0.1, -0.05) is 0 Å². The van der Waals surface area contributed by atoms with Gasteiger partial charge in [-0.2, -0.15) is 4.98 Å². The molecule has 8 heteroatoms. The molecule has 1 amide bonds. The van der Waals surface area contributed by atoms with Crippen LogP contribution in [0.4, 0.5) is 5.95 Å². The predicted octanol–water partition coefficient (Wildman–Crippen LogP) is 0.777. The van der Waals surface area contributed by atoms with Crippen molar-refractivity contribution in [1.29, 1.82) is 0 Å². The summed E-state index contributed by atoms with van der Waals surface area (Å²) in [7, 11) is 1.56. The number of aliphatic carboxylic acids is 1. The fourth-order valence-electron chi connectivity index (χ4n) is 3.45. The van der Waals surface area contributed by atoms with Gasteiger partial charge in [-0.05, 0) is 25.7 Å². The van der Waals surface area contributed by atoms with Crippen molar-refractivity contribution in [1.82, 2.24) is 14.9 Å². The number of carboxylic acids is 1. The number of carbonyl (C=O) groups excluding carboxylic acids is 1. The van der Waals surface area contributed by atoms with Crippen LogP contribution in [0.2, 0.25) is 0 Å². The van der Waals surface area contributed by atoms with Crippen LogP contribution in [-0.2, 0) is 9.59 Å². The van der Waals surface area contributed by atoms with Crippen LogP contribution in [-0.4, -0.2) is 64.6 Å². The topological polar surface area (TPSA) is 95.9 Å². The average Bonchev–Trinajstić information content (AvgIpc) is 3.11. The molecule has 2 aliphatic heterocycles. The summed E-state index contributed by atoms with van der Waals surface area (Å²) in [5.41, 5.74) is 0. The number of ether oxygens (including phenoxy) is 1. The first-order valence-electron chi connectivity index (χ1n) is 8.25. The number of piperidine rings is 1. The number of hydrogen-bond acceptors (Lipinski definition) is 6. The summed E-state index contributed by atoms with van der Waals surface area (Å²) in [5.74, 6) is 0.0744. The molecule has 8 nitrogen and oxygen atoms in total. The fraction of sp³-hybridized carbons (Fsp3) is 0.625. The Hall–Kier alpha value is -2.38. The van der Waals surface area contributed by atoms with Crippen molar-refractivity contribution in [3.8, 4) is 5.88 Å². The van der Waals surface area contributed by atoms with E-state index < -0.39 is 12.0 Å². The smallest absolute Gasteiger partial charge is 0.326 e. The number of hydrogen-bond donors (Lipinski definition) is 1. The third-order valence-corrected chi connectivity index (χ3v) is 4.77. The Labute approximate surface area is 140 Å². The molecule has 0 bridgehead atoms. The molecule has 0 unspecified atom stereocenters. The molecule has 0 radical (unpaired) electrons. The van der Waals surface area contributed by atoms with E-state index in [-0.39, 0.29) is 11.8 Å². The van der Waals surface area contributed by atoms with Gasteiger partial charge < -0.3 is 19.6 Å². The summed E-state index contributed by atoms with van der Waals surface area (Å²) in [5, 5.41) is 9.24. The molecule has 1 N–H and O–H groups in total. The quantitative estimate of drug-likeness (QED) is 0.869. The molecule has 1 atom stereocenters. The van der Waals surface area contributed by atoms with Crippen LogP contribution in [0.15, 0.2) is 12.3 Å². The molecule has 130 valence electrons. The molecule has 2 aliphatic rings. The third kappa shape index (κ3) is 3.27. The molecule has 3 rings (SSSR count). The highest BCUT2D eigenvalue weighted by molar-refractivity contribution is 5.85. The van der Waals surface area contributed by atoms with E-state index in [1.54, 1.807) is 24.3 Å². The minimum Gasteiger partial charge on any atom is -0.481 e. The monoisotopic (exact) mass is 334 g/mol. The first kappa shape index (κ1) is 16.5. The zero-order valence-electron chi connectivity index (χ0n) is 13.7. The van der Waals surface area contributed by atoms with Gasteiger partial charge >= 0.3 is 5.97 Å². The number of methoxy groups -OCH3 is 1. The van der Waals surface area contributed by atoms with Gasteiger partial charge in [0.2, 0.25) is 17.7 Å². The normalized spacial score (nSPS) is 21.8. The van der Waals surface area contributed by atoms with Crippen LogP contribution in [0, 0.1) is 5.92 Å². The van der Waals surface area contributed by atoms with E-state index in [0.29, 0.717) is 50.7 Å². The lowest BCUT2D eigenvalue weighted by Crippen LogP contribution is -2.46. The number of rotatable bonds is 4. The van der Waals surface area contributed by atoms with Crippen molar-refractivity contribution in [2.45, 2.75) is 31.7 Å². The van der Waals surface area contributed by atoms with E-state index in [9.17, 15) is 14.7 Å². The Morgan fingerprint density at radius 3 is 2.67 bits per heavy atom. The van der Waals surface area contributed by atoms with Crippen molar-refractivity contribution in [2.24, 2.45) is 5.92 Å². The van der Waals surface area contributed by atoms with Gasteiger partial charge in [-0.15, -0.1) is 0 Å². The Morgan fingerprint density at radius 1 is 1.25 bits per heavy atom. The predicted molar refractivity (Wildman–Crippen MR) is 85.9 cm³/mol. The molecule has 3 heterocycles. The van der Waals surface area contributed by atoms with E-state index in [2.05, 4.69) is 9.97 Å². The first-order chi connectivity index (χ1) is 11.6. The van der Waals surface area contributed by atoms with Crippen molar-refractivity contribution in [2.75, 3.05) is 31.6 Å². The maximum absolute atomic E-state index is 12.7. The van der Waals surface area contributed by atoms with E-state index in [1.807, 2.05) is 4.90 Å². The van der Waals surface area contributed by atoms with Gasteiger partial charge in [0.15, 0.2) is 0 Å². The van der Waals surface area contributed by atoms with E-state index in [4.69, 9.17) is 4.74 Å². The highest BCUT2D eigenvalue weighted by atomic mass is 16.5. The summed E-state index contributed by atoms with van der Waals surface area (Å²) < 4.78 is 5.11. The second kappa shape index (κ2) is 7.02. The molecule has 1 aromatic rings. The summed E-state index contributed by atoms with van der Waals surface area (Å²) >= 11 is 0. The third-order valence-electron chi connectivity index (χ3n) is 4.77. The summed E-state index contributed by atoms with van der Waals surface area (Å²) in [6.45, 7) is 1.90. The second-order valence-electron chi connectivity index (χ2n) is 6.19. The lowest BCUT2D eigenvalue weighted by molar-refractivity contribution is -0.150. The van der Waals surface area contributed by atoms with Crippen LogP contribution < -0.4 is 9.64 Å². The van der Waals surface area contributed by atoms with Crippen LogP contribution in [0.1, 0.15) is 25.7 Å². The zero-order chi connectivity index (χ0) is 17.1. The molecular formula is C16H22N4O4. The van der Waals surface area contributed by atoms with Crippen molar-refractivity contribution in [3.05, 3.63) is 12.3 Å². The molecule has 2 saturated heterocycles. The standard InChI is InChI=1S/C16H22N4O4/c1-24-13-4-7-17-16(18-13)19-9-5-11(6-10-19)14(21)20-8-2-3-12(20)15(22)23/h4,7,11-12H,2-3,5-6,8-10H2,1H3,(H,22,23)/t12-/m0/s1. The van der Waals surface area contributed by atoms with Crippen molar-refractivity contribution >= 4 is 17.8 Å². The van der Waals surface area contributed by atoms with Crippen molar-refractivity contribution < 1.29 is 19.4 Å². The Balaban J connectivity index is 1.60. The SMILES string of the molecule is COc1ccnc(N2CCC(C(=O)N3CCC[C@H]3C(=O)O)CC2)n1. The number of likely N-dealkylation sites (tertiary alicyclic amines) is 1. The lowest BCUT2D eigenvalue weighted by Gasteiger charge is -2.34. The maximum atomic E-state index is 12.7. The van der Waals surface area contributed by atoms with Gasteiger partial charge in [0.1, 0.15) is 6.04 Å². The molecule has 0 aliphatic carbocycles. The summed E-state index contributed by atoms with van der Waals surface area (Å²) in [6.07, 6.45) is 4.33. The second-order valence-corrected chi connectivity index (χ2v) is 6.19. The highest BCUT2D eigenvalue weighted by Gasteiger charge is 2.38. The minimum atomic E-state index is -0.900. The van der Waals surface area contributed by atoms with E-state index >= 15 is 0 Å². The lowest BCUT2D eigenvalue weighted by atomic mass is 9.95. The average molecular weight is 334 g/mol. The molecule has 24 heavy (non-hydrogen) atoms. The van der Waals surface area contributed by atoms with Gasteiger partial charge in [-0.3, -0.25) is 4.79 Å². The zero-order valence-corrected chi connectivity index (χ0v) is 13.7. The van der Waals surface area contributed by atoms with Crippen molar-refractivity contribution in [3.63, 3.8) is 0 Å². The van der Waals surface area contributed by atoms with Crippen LogP contribution in [0.5, 0.6) is 5.88 Å². The molecular weight excluding hydrogens is 312 g/mol. The fourth-order valence-corrected chi connectivity index (χ4v) is 3.45. The highest BCUT2D eigenvalue weighted by Crippen LogP contribution is 2.27. The number of carbonyl (C=O) groups is 2. The Morgan fingerprint density at radius 2 is 2.00 bits per heavy atom. The summed E-state index contributed by atoms with van der Waals surface area (Å²) in [6, 6.07) is 1.04. The molecule has 0 aromatic carbocycles. The van der Waals surface area contributed by atoms with Crippen LogP contribution >= 0.6 is 0 Å². The summed E-state index contributed by atoms with van der Waals surface area (Å²) in [4.78, 5) is 36.1. The molecule has 1 aromatic heterocycles.